The van der Waals surface area contributed by atoms with E-state index in [9.17, 15) is 0 Å². The first-order valence-electron chi connectivity index (χ1n) is 6.23. The summed E-state index contributed by atoms with van der Waals surface area (Å²) in [6.45, 7) is 2.96. The van der Waals surface area contributed by atoms with E-state index in [1.54, 1.807) is 0 Å². The van der Waals surface area contributed by atoms with Crippen LogP contribution in [0.5, 0.6) is 0 Å². The van der Waals surface area contributed by atoms with Gasteiger partial charge in [0.2, 0.25) is 0 Å². The van der Waals surface area contributed by atoms with Crippen molar-refractivity contribution in [3.8, 4) is 0 Å². The highest BCUT2D eigenvalue weighted by Gasteiger charge is 2.15. The molecule has 102 valence electrons. The standard InChI is InChI=1S/C16H18ClN.ClH/c1-13(16(17)15-10-6-3-7-11-15)18-12-14-8-4-2-5-9-14;/h2-11,13,16,18H,12H2,1H3;1H/t13-,16+;/m0./s1. The van der Waals surface area contributed by atoms with E-state index in [0.29, 0.717) is 0 Å². The zero-order valence-electron chi connectivity index (χ0n) is 10.9. The van der Waals surface area contributed by atoms with Crippen LogP contribution in [0.25, 0.3) is 0 Å². The van der Waals surface area contributed by atoms with Gasteiger partial charge >= 0.3 is 0 Å². The fourth-order valence-corrected chi connectivity index (χ4v) is 2.14. The second kappa shape index (κ2) is 8.21. The van der Waals surface area contributed by atoms with Crippen LogP contribution in [0.2, 0.25) is 0 Å². The summed E-state index contributed by atoms with van der Waals surface area (Å²) in [7, 11) is 0. The van der Waals surface area contributed by atoms with Crippen molar-refractivity contribution in [2.24, 2.45) is 0 Å². The third-order valence-corrected chi connectivity index (χ3v) is 3.66. The molecule has 19 heavy (non-hydrogen) atoms. The van der Waals surface area contributed by atoms with Crippen LogP contribution >= 0.6 is 24.0 Å². The quantitative estimate of drug-likeness (QED) is 0.797. The predicted octanol–water partition coefficient (Wildman–Crippen LogP) is 4.57. The van der Waals surface area contributed by atoms with E-state index in [4.69, 9.17) is 11.6 Å². The molecule has 0 aromatic heterocycles. The van der Waals surface area contributed by atoms with Crippen molar-refractivity contribution in [3.63, 3.8) is 0 Å². The summed E-state index contributed by atoms with van der Waals surface area (Å²) < 4.78 is 0. The van der Waals surface area contributed by atoms with Gasteiger partial charge in [0.05, 0.1) is 5.38 Å². The lowest BCUT2D eigenvalue weighted by Crippen LogP contribution is -2.29. The zero-order chi connectivity index (χ0) is 12.8. The summed E-state index contributed by atoms with van der Waals surface area (Å²) in [5.41, 5.74) is 2.44. The average molecular weight is 296 g/mol. The normalized spacial score (nSPS) is 13.4. The van der Waals surface area contributed by atoms with Crippen molar-refractivity contribution in [2.45, 2.75) is 24.9 Å². The van der Waals surface area contributed by atoms with Gasteiger partial charge < -0.3 is 5.32 Å². The molecule has 0 unspecified atom stereocenters. The summed E-state index contributed by atoms with van der Waals surface area (Å²) in [6.07, 6.45) is 0. The highest BCUT2D eigenvalue weighted by Crippen LogP contribution is 2.23. The van der Waals surface area contributed by atoms with E-state index in [1.807, 2.05) is 24.3 Å². The van der Waals surface area contributed by atoms with Gasteiger partial charge in [0.15, 0.2) is 0 Å². The maximum absolute atomic E-state index is 6.46. The molecule has 0 amide bonds. The highest BCUT2D eigenvalue weighted by molar-refractivity contribution is 6.21. The summed E-state index contributed by atoms with van der Waals surface area (Å²) in [5, 5.41) is 3.46. The Morgan fingerprint density at radius 1 is 0.947 bits per heavy atom. The molecule has 0 heterocycles. The Labute approximate surface area is 126 Å². The fourth-order valence-electron chi connectivity index (χ4n) is 1.90. The molecule has 0 spiro atoms. The zero-order valence-corrected chi connectivity index (χ0v) is 12.5. The van der Waals surface area contributed by atoms with Crippen LogP contribution in [0, 0.1) is 0 Å². The number of alkyl halides is 1. The van der Waals surface area contributed by atoms with Crippen LogP contribution in [-0.4, -0.2) is 6.04 Å². The Kier molecular flexibility index (Phi) is 6.93. The van der Waals surface area contributed by atoms with E-state index >= 15 is 0 Å². The van der Waals surface area contributed by atoms with E-state index in [-0.39, 0.29) is 23.8 Å². The summed E-state index contributed by atoms with van der Waals surface area (Å²) in [4.78, 5) is 0. The minimum absolute atomic E-state index is 0. The molecule has 0 radical (unpaired) electrons. The molecular formula is C16H19Cl2N. The Morgan fingerprint density at radius 3 is 2.05 bits per heavy atom. The lowest BCUT2D eigenvalue weighted by Gasteiger charge is -2.20. The first kappa shape index (κ1) is 16.0. The Bertz CT molecular complexity index is 459. The largest absolute Gasteiger partial charge is 0.308 e. The Balaban J connectivity index is 0.00000180. The van der Waals surface area contributed by atoms with Gasteiger partial charge in [0.25, 0.3) is 0 Å². The highest BCUT2D eigenvalue weighted by atomic mass is 35.5. The number of halogens is 2. The maximum atomic E-state index is 6.46. The second-order valence-electron chi connectivity index (χ2n) is 4.47. The van der Waals surface area contributed by atoms with Crippen LogP contribution < -0.4 is 5.32 Å². The molecule has 0 aliphatic rings. The van der Waals surface area contributed by atoms with Gasteiger partial charge in [0, 0.05) is 12.6 Å². The van der Waals surface area contributed by atoms with Crippen molar-refractivity contribution in [3.05, 3.63) is 71.8 Å². The van der Waals surface area contributed by atoms with Crippen LogP contribution in [-0.2, 0) is 6.54 Å². The Hall–Kier alpha value is -1.02. The number of hydrogen-bond acceptors (Lipinski definition) is 1. The minimum atomic E-state index is -0.00471. The Morgan fingerprint density at radius 2 is 1.47 bits per heavy atom. The van der Waals surface area contributed by atoms with Crippen LogP contribution in [0.3, 0.4) is 0 Å². The molecule has 0 fully saturated rings. The molecule has 0 saturated heterocycles. The van der Waals surface area contributed by atoms with Gasteiger partial charge in [-0.25, -0.2) is 0 Å². The molecule has 0 aliphatic carbocycles. The fraction of sp³-hybridized carbons (Fsp3) is 0.250. The molecule has 1 nitrogen and oxygen atoms in total. The third-order valence-electron chi connectivity index (χ3n) is 3.03. The lowest BCUT2D eigenvalue weighted by atomic mass is 10.1. The van der Waals surface area contributed by atoms with Gasteiger partial charge in [-0.2, -0.15) is 0 Å². The lowest BCUT2D eigenvalue weighted by molar-refractivity contribution is 0.533. The monoisotopic (exact) mass is 295 g/mol. The molecule has 0 aliphatic heterocycles. The molecule has 0 saturated carbocycles. The van der Waals surface area contributed by atoms with Gasteiger partial charge in [0.1, 0.15) is 0 Å². The molecule has 3 heteroatoms. The first-order chi connectivity index (χ1) is 8.77. The number of rotatable bonds is 5. The molecule has 0 bridgehead atoms. The number of hydrogen-bond donors (Lipinski definition) is 1. The van der Waals surface area contributed by atoms with Crippen molar-refractivity contribution in [1.82, 2.24) is 5.32 Å². The van der Waals surface area contributed by atoms with Gasteiger partial charge in [-0.15, -0.1) is 24.0 Å². The summed E-state index contributed by atoms with van der Waals surface area (Å²) in [5.74, 6) is 0. The summed E-state index contributed by atoms with van der Waals surface area (Å²) in [6, 6.07) is 20.8. The van der Waals surface area contributed by atoms with Gasteiger partial charge in [-0.05, 0) is 18.1 Å². The smallest absolute Gasteiger partial charge is 0.0735 e. The average Bonchev–Trinajstić information content (AvgIpc) is 2.46. The molecule has 2 aromatic carbocycles. The molecule has 2 aromatic rings. The van der Waals surface area contributed by atoms with Crippen LogP contribution in [0.1, 0.15) is 23.4 Å². The van der Waals surface area contributed by atoms with Crippen LogP contribution in [0.15, 0.2) is 60.7 Å². The van der Waals surface area contributed by atoms with Crippen molar-refractivity contribution < 1.29 is 0 Å². The molecular weight excluding hydrogens is 277 g/mol. The second-order valence-corrected chi connectivity index (χ2v) is 4.94. The maximum Gasteiger partial charge on any atom is 0.0735 e. The van der Waals surface area contributed by atoms with Crippen molar-refractivity contribution >= 4 is 24.0 Å². The SMILES string of the molecule is C[C@H](NCc1ccccc1)[C@@H](Cl)c1ccccc1.Cl. The molecule has 2 rings (SSSR count). The van der Waals surface area contributed by atoms with Crippen LogP contribution in [0.4, 0.5) is 0 Å². The first-order valence-corrected chi connectivity index (χ1v) is 6.67. The predicted molar refractivity (Wildman–Crippen MR) is 85.0 cm³/mol. The minimum Gasteiger partial charge on any atom is -0.308 e. The number of benzene rings is 2. The van der Waals surface area contributed by atoms with Crippen molar-refractivity contribution in [2.75, 3.05) is 0 Å². The van der Waals surface area contributed by atoms with Crippen molar-refractivity contribution in [1.29, 1.82) is 0 Å². The van der Waals surface area contributed by atoms with Gasteiger partial charge in [-0.1, -0.05) is 60.7 Å². The van der Waals surface area contributed by atoms with E-state index < -0.39 is 0 Å². The molecule has 1 N–H and O–H groups in total. The van der Waals surface area contributed by atoms with E-state index in [2.05, 4.69) is 48.6 Å². The number of nitrogens with one attached hydrogen (secondary N) is 1. The molecule has 2 atom stereocenters. The summed E-state index contributed by atoms with van der Waals surface area (Å²) >= 11 is 6.46. The van der Waals surface area contributed by atoms with Gasteiger partial charge in [-0.3, -0.25) is 0 Å². The van der Waals surface area contributed by atoms with E-state index in [1.165, 1.54) is 5.56 Å². The topological polar surface area (TPSA) is 12.0 Å². The third kappa shape index (κ3) is 4.87. The van der Waals surface area contributed by atoms with E-state index in [0.717, 1.165) is 12.1 Å².